The van der Waals surface area contributed by atoms with Crippen LogP contribution in [0.15, 0.2) is 54.6 Å². The maximum absolute atomic E-state index is 11.6. The summed E-state index contributed by atoms with van der Waals surface area (Å²) < 4.78 is 4.97. The summed E-state index contributed by atoms with van der Waals surface area (Å²) in [6.07, 6.45) is 0. The monoisotopic (exact) mass is 265 g/mol. The molecule has 3 rings (SSSR count). The summed E-state index contributed by atoms with van der Waals surface area (Å²) in [6.45, 7) is 2.19. The van der Waals surface area contributed by atoms with Crippen LogP contribution < -0.4 is 0 Å². The SMILES string of the molecule is CCOC(=O)c1ccc(-c2cc3ccccc3[nH]2)cc1. The van der Waals surface area contributed by atoms with Crippen molar-refractivity contribution in [3.8, 4) is 11.3 Å². The largest absolute Gasteiger partial charge is 0.462 e. The molecule has 0 unspecified atom stereocenters. The highest BCUT2D eigenvalue weighted by molar-refractivity contribution is 5.90. The maximum atomic E-state index is 11.6. The zero-order valence-corrected chi connectivity index (χ0v) is 11.2. The van der Waals surface area contributed by atoms with Crippen LogP contribution in [-0.4, -0.2) is 17.6 Å². The fourth-order valence-corrected chi connectivity index (χ4v) is 2.23. The normalized spacial score (nSPS) is 10.7. The van der Waals surface area contributed by atoms with Crippen LogP contribution in [0.1, 0.15) is 17.3 Å². The van der Waals surface area contributed by atoms with Crippen LogP contribution in [0.3, 0.4) is 0 Å². The van der Waals surface area contributed by atoms with Crippen molar-refractivity contribution in [2.75, 3.05) is 6.61 Å². The van der Waals surface area contributed by atoms with Gasteiger partial charge < -0.3 is 9.72 Å². The lowest BCUT2D eigenvalue weighted by Crippen LogP contribution is -2.03. The fourth-order valence-electron chi connectivity index (χ4n) is 2.23. The summed E-state index contributed by atoms with van der Waals surface area (Å²) in [4.78, 5) is 15.0. The number of hydrogen-bond donors (Lipinski definition) is 1. The predicted molar refractivity (Wildman–Crippen MR) is 79.7 cm³/mol. The van der Waals surface area contributed by atoms with Crippen LogP contribution in [0.25, 0.3) is 22.2 Å². The van der Waals surface area contributed by atoms with E-state index in [1.54, 1.807) is 19.1 Å². The minimum absolute atomic E-state index is 0.282. The molecule has 0 radical (unpaired) electrons. The van der Waals surface area contributed by atoms with Crippen LogP contribution >= 0.6 is 0 Å². The zero-order chi connectivity index (χ0) is 13.9. The first-order valence-corrected chi connectivity index (χ1v) is 6.63. The number of ether oxygens (including phenoxy) is 1. The number of para-hydroxylation sites is 1. The van der Waals surface area contributed by atoms with Crippen molar-refractivity contribution >= 4 is 16.9 Å². The molecule has 0 bridgehead atoms. The van der Waals surface area contributed by atoms with E-state index in [9.17, 15) is 4.79 Å². The van der Waals surface area contributed by atoms with Gasteiger partial charge in [0.25, 0.3) is 0 Å². The molecule has 3 aromatic rings. The van der Waals surface area contributed by atoms with Crippen molar-refractivity contribution in [3.63, 3.8) is 0 Å². The number of carbonyl (C=O) groups is 1. The van der Waals surface area contributed by atoms with Crippen LogP contribution in [0.2, 0.25) is 0 Å². The molecule has 0 aliphatic rings. The standard InChI is InChI=1S/C17H15NO2/c1-2-20-17(19)13-9-7-12(8-10-13)16-11-14-5-3-4-6-15(14)18-16/h3-11,18H,2H2,1H3. The molecule has 0 amide bonds. The first-order valence-electron chi connectivity index (χ1n) is 6.63. The van der Waals surface area contributed by atoms with E-state index in [0.717, 1.165) is 16.8 Å². The number of fused-ring (bicyclic) bond motifs is 1. The van der Waals surface area contributed by atoms with E-state index in [2.05, 4.69) is 17.1 Å². The molecule has 100 valence electrons. The molecular formula is C17H15NO2. The highest BCUT2D eigenvalue weighted by Gasteiger charge is 2.07. The molecule has 0 saturated carbocycles. The smallest absolute Gasteiger partial charge is 0.338 e. The lowest BCUT2D eigenvalue weighted by atomic mass is 10.1. The number of carbonyl (C=O) groups excluding carboxylic acids is 1. The minimum Gasteiger partial charge on any atom is -0.462 e. The van der Waals surface area contributed by atoms with Crippen molar-refractivity contribution in [2.24, 2.45) is 0 Å². The van der Waals surface area contributed by atoms with Crippen molar-refractivity contribution < 1.29 is 9.53 Å². The van der Waals surface area contributed by atoms with Gasteiger partial charge in [-0.15, -0.1) is 0 Å². The molecule has 0 fully saturated rings. The molecule has 1 N–H and O–H groups in total. The number of benzene rings is 2. The van der Waals surface area contributed by atoms with Gasteiger partial charge in [-0.2, -0.15) is 0 Å². The molecule has 3 heteroatoms. The number of aromatic nitrogens is 1. The second kappa shape index (κ2) is 5.21. The maximum Gasteiger partial charge on any atom is 0.338 e. The van der Waals surface area contributed by atoms with Gasteiger partial charge in [-0.25, -0.2) is 4.79 Å². The average molecular weight is 265 g/mol. The van der Waals surface area contributed by atoms with Gasteiger partial charge >= 0.3 is 5.97 Å². The Labute approximate surface area is 117 Å². The van der Waals surface area contributed by atoms with Crippen LogP contribution in [0.5, 0.6) is 0 Å². The summed E-state index contributed by atoms with van der Waals surface area (Å²) in [6, 6.07) is 17.7. The quantitative estimate of drug-likeness (QED) is 0.727. The molecule has 2 aromatic carbocycles. The van der Waals surface area contributed by atoms with Crippen molar-refractivity contribution in [2.45, 2.75) is 6.92 Å². The molecule has 0 saturated heterocycles. The third-order valence-corrected chi connectivity index (χ3v) is 3.24. The van der Waals surface area contributed by atoms with Crippen molar-refractivity contribution in [3.05, 3.63) is 60.2 Å². The summed E-state index contributed by atoms with van der Waals surface area (Å²) >= 11 is 0. The number of rotatable bonds is 3. The van der Waals surface area contributed by atoms with E-state index in [1.807, 2.05) is 30.3 Å². The lowest BCUT2D eigenvalue weighted by Gasteiger charge is -2.02. The lowest BCUT2D eigenvalue weighted by molar-refractivity contribution is 0.0526. The third-order valence-electron chi connectivity index (χ3n) is 3.24. The third kappa shape index (κ3) is 2.30. The molecule has 0 atom stereocenters. The topological polar surface area (TPSA) is 42.1 Å². The number of H-pyrrole nitrogens is 1. The Bertz CT molecular complexity index is 708. The van der Waals surface area contributed by atoms with Crippen LogP contribution in [-0.2, 0) is 4.74 Å². The molecule has 3 nitrogen and oxygen atoms in total. The summed E-state index contributed by atoms with van der Waals surface area (Å²) in [5, 5.41) is 1.18. The number of esters is 1. The molecule has 0 spiro atoms. The number of nitrogens with one attached hydrogen (secondary N) is 1. The Morgan fingerprint density at radius 1 is 1.10 bits per heavy atom. The number of hydrogen-bond acceptors (Lipinski definition) is 2. The van der Waals surface area contributed by atoms with Gasteiger partial charge in [-0.1, -0.05) is 30.3 Å². The zero-order valence-electron chi connectivity index (χ0n) is 11.2. The van der Waals surface area contributed by atoms with Gasteiger partial charge in [0.05, 0.1) is 12.2 Å². The Morgan fingerprint density at radius 2 is 1.85 bits per heavy atom. The van der Waals surface area contributed by atoms with E-state index >= 15 is 0 Å². The predicted octanol–water partition coefficient (Wildman–Crippen LogP) is 4.01. The summed E-state index contributed by atoms with van der Waals surface area (Å²) in [5.74, 6) is -0.282. The minimum atomic E-state index is -0.282. The van der Waals surface area contributed by atoms with Gasteiger partial charge in [0, 0.05) is 16.6 Å². The molecule has 20 heavy (non-hydrogen) atoms. The van der Waals surface area contributed by atoms with E-state index in [-0.39, 0.29) is 5.97 Å². The first kappa shape index (κ1) is 12.5. The van der Waals surface area contributed by atoms with E-state index in [1.165, 1.54) is 5.39 Å². The Balaban J connectivity index is 1.92. The van der Waals surface area contributed by atoms with Crippen molar-refractivity contribution in [1.29, 1.82) is 0 Å². The number of aromatic amines is 1. The van der Waals surface area contributed by atoms with Gasteiger partial charge in [0.1, 0.15) is 0 Å². The van der Waals surface area contributed by atoms with Crippen LogP contribution in [0.4, 0.5) is 0 Å². The second-order valence-corrected chi connectivity index (χ2v) is 4.57. The van der Waals surface area contributed by atoms with Gasteiger partial charge in [0.15, 0.2) is 0 Å². The Kier molecular flexibility index (Phi) is 3.25. The molecular weight excluding hydrogens is 250 g/mol. The van der Waals surface area contributed by atoms with E-state index in [4.69, 9.17) is 4.74 Å². The molecule has 0 aliphatic heterocycles. The Morgan fingerprint density at radius 3 is 2.55 bits per heavy atom. The Hall–Kier alpha value is -2.55. The van der Waals surface area contributed by atoms with Gasteiger partial charge in [0.2, 0.25) is 0 Å². The average Bonchev–Trinajstić information content (AvgIpc) is 2.91. The summed E-state index contributed by atoms with van der Waals surface area (Å²) in [7, 11) is 0. The van der Waals surface area contributed by atoms with Gasteiger partial charge in [-0.3, -0.25) is 0 Å². The second-order valence-electron chi connectivity index (χ2n) is 4.57. The molecule has 1 heterocycles. The van der Waals surface area contributed by atoms with Crippen LogP contribution in [0, 0.1) is 0 Å². The molecule has 1 aromatic heterocycles. The highest BCUT2D eigenvalue weighted by atomic mass is 16.5. The van der Waals surface area contributed by atoms with Gasteiger partial charge in [-0.05, 0) is 36.8 Å². The first-order chi connectivity index (χ1) is 9.78. The van der Waals surface area contributed by atoms with Crippen molar-refractivity contribution in [1.82, 2.24) is 4.98 Å². The highest BCUT2D eigenvalue weighted by Crippen LogP contribution is 2.24. The van der Waals surface area contributed by atoms with E-state index in [0.29, 0.717) is 12.2 Å². The van der Waals surface area contributed by atoms with E-state index < -0.39 is 0 Å². The summed E-state index contributed by atoms with van der Waals surface area (Å²) in [5.41, 5.74) is 3.78. The fraction of sp³-hybridized carbons (Fsp3) is 0.118. The molecule has 0 aliphatic carbocycles.